The molecule has 2 heterocycles. The van der Waals surface area contributed by atoms with Gasteiger partial charge in [-0.15, -0.1) is 0 Å². The molecular formula is C14H12BrClFN3O. The fourth-order valence-electron chi connectivity index (χ4n) is 2.22. The molecule has 1 aromatic heterocycles. The van der Waals surface area contributed by atoms with Crippen molar-refractivity contribution in [1.82, 2.24) is 9.97 Å². The number of aromatic nitrogens is 2. The average Bonchev–Trinajstić information content (AvgIpc) is 2.39. The van der Waals surface area contributed by atoms with Crippen molar-refractivity contribution < 1.29 is 9.13 Å². The van der Waals surface area contributed by atoms with E-state index in [1.165, 1.54) is 12.1 Å². The molecule has 0 saturated heterocycles. The van der Waals surface area contributed by atoms with E-state index < -0.39 is 11.4 Å². The second-order valence-corrected chi connectivity index (χ2v) is 6.59. The van der Waals surface area contributed by atoms with Gasteiger partial charge < -0.3 is 9.64 Å². The number of halogens is 3. The Labute approximate surface area is 135 Å². The van der Waals surface area contributed by atoms with Crippen molar-refractivity contribution in [3.63, 3.8) is 0 Å². The Kier molecular flexibility index (Phi) is 3.53. The molecule has 0 N–H and O–H groups in total. The van der Waals surface area contributed by atoms with Gasteiger partial charge in [-0.25, -0.2) is 14.4 Å². The highest BCUT2D eigenvalue weighted by Gasteiger charge is 2.34. The molecule has 0 atom stereocenters. The average molecular weight is 373 g/mol. The molecule has 2 aromatic rings. The number of rotatable bonds is 1. The van der Waals surface area contributed by atoms with Crippen molar-refractivity contribution in [3.8, 4) is 5.88 Å². The lowest BCUT2D eigenvalue weighted by Crippen LogP contribution is -2.45. The number of ether oxygens (including phenoxy) is 1. The number of hydrogen-bond donors (Lipinski definition) is 0. The van der Waals surface area contributed by atoms with Gasteiger partial charge in [0.05, 0.1) is 17.8 Å². The zero-order chi connectivity index (χ0) is 15.2. The summed E-state index contributed by atoms with van der Waals surface area (Å²) in [4.78, 5) is 10.5. The lowest BCUT2D eigenvalue weighted by molar-refractivity contribution is 0.101. The van der Waals surface area contributed by atoms with Gasteiger partial charge in [0.25, 0.3) is 5.88 Å². The Morgan fingerprint density at radius 1 is 1.43 bits per heavy atom. The molecule has 0 saturated carbocycles. The van der Waals surface area contributed by atoms with Crippen LogP contribution in [-0.4, -0.2) is 22.1 Å². The van der Waals surface area contributed by atoms with E-state index >= 15 is 0 Å². The van der Waals surface area contributed by atoms with Gasteiger partial charge in [0, 0.05) is 5.69 Å². The van der Waals surface area contributed by atoms with Crippen molar-refractivity contribution in [1.29, 1.82) is 0 Å². The van der Waals surface area contributed by atoms with Crippen molar-refractivity contribution in [2.45, 2.75) is 19.4 Å². The summed E-state index contributed by atoms with van der Waals surface area (Å²) in [5.74, 6) is 0.500. The van der Waals surface area contributed by atoms with Gasteiger partial charge in [0.2, 0.25) is 0 Å². The van der Waals surface area contributed by atoms with Crippen LogP contribution < -0.4 is 9.64 Å². The molecule has 0 spiro atoms. The van der Waals surface area contributed by atoms with E-state index in [0.29, 0.717) is 28.5 Å². The van der Waals surface area contributed by atoms with E-state index in [1.54, 1.807) is 12.3 Å². The molecule has 21 heavy (non-hydrogen) atoms. The van der Waals surface area contributed by atoms with Crippen LogP contribution in [0, 0.1) is 5.82 Å². The molecular weight excluding hydrogens is 361 g/mol. The first kappa shape index (κ1) is 14.5. The van der Waals surface area contributed by atoms with Crippen molar-refractivity contribution in [3.05, 3.63) is 39.8 Å². The van der Waals surface area contributed by atoms with Crippen LogP contribution >= 0.6 is 27.5 Å². The quantitative estimate of drug-likeness (QED) is 0.746. The summed E-state index contributed by atoms with van der Waals surface area (Å²) in [5, 5.41) is 0.0911. The molecule has 0 bridgehead atoms. The van der Waals surface area contributed by atoms with Gasteiger partial charge in [-0.2, -0.15) is 0 Å². The van der Waals surface area contributed by atoms with Gasteiger partial charge in [-0.3, -0.25) is 0 Å². The third-order valence-electron chi connectivity index (χ3n) is 3.08. The maximum Gasteiger partial charge on any atom is 0.259 e. The van der Waals surface area contributed by atoms with Crippen LogP contribution in [0.25, 0.3) is 0 Å². The summed E-state index contributed by atoms with van der Waals surface area (Å²) >= 11 is 9.02. The van der Waals surface area contributed by atoms with Crippen LogP contribution in [0.15, 0.2) is 29.0 Å². The molecule has 0 aliphatic carbocycles. The minimum atomic E-state index is -0.474. The Bertz CT molecular complexity index is 711. The van der Waals surface area contributed by atoms with Gasteiger partial charge >= 0.3 is 0 Å². The SMILES string of the molecule is CC1(C)CN(c2ccc(Cl)c(F)c2)c2ncc(Br)nc2O1. The summed E-state index contributed by atoms with van der Waals surface area (Å²) in [5.41, 5.74) is 0.185. The highest BCUT2D eigenvalue weighted by molar-refractivity contribution is 9.10. The maximum absolute atomic E-state index is 13.7. The van der Waals surface area contributed by atoms with E-state index in [4.69, 9.17) is 16.3 Å². The number of nitrogens with zero attached hydrogens (tertiary/aromatic N) is 3. The molecule has 1 aliphatic rings. The molecule has 1 aromatic carbocycles. The van der Waals surface area contributed by atoms with Crippen LogP contribution in [0.4, 0.5) is 15.9 Å². The first-order chi connectivity index (χ1) is 9.85. The second kappa shape index (κ2) is 5.10. The minimum absolute atomic E-state index is 0.0911. The summed E-state index contributed by atoms with van der Waals surface area (Å²) < 4.78 is 20.2. The fraction of sp³-hybridized carbons (Fsp3) is 0.286. The predicted molar refractivity (Wildman–Crippen MR) is 82.9 cm³/mol. The first-order valence-corrected chi connectivity index (χ1v) is 7.47. The van der Waals surface area contributed by atoms with Crippen molar-refractivity contribution >= 4 is 39.0 Å². The van der Waals surface area contributed by atoms with E-state index in [-0.39, 0.29) is 5.02 Å². The standard InChI is InChI=1S/C14H12BrClFN3O/c1-14(2)7-20(8-3-4-9(16)10(17)5-8)12-13(21-14)19-11(15)6-18-12/h3-6H,7H2,1-2H3. The van der Waals surface area contributed by atoms with Gasteiger partial charge in [0.15, 0.2) is 5.82 Å². The van der Waals surface area contributed by atoms with Crippen molar-refractivity contribution in [2.24, 2.45) is 0 Å². The van der Waals surface area contributed by atoms with Crippen LogP contribution in [0.5, 0.6) is 5.88 Å². The highest BCUT2D eigenvalue weighted by Crippen LogP contribution is 2.39. The van der Waals surface area contributed by atoms with E-state index in [1.807, 2.05) is 18.7 Å². The lowest BCUT2D eigenvalue weighted by atomic mass is 10.1. The molecule has 0 radical (unpaired) electrons. The molecule has 1 aliphatic heterocycles. The Hall–Kier alpha value is -1.40. The molecule has 4 nitrogen and oxygen atoms in total. The molecule has 7 heteroatoms. The largest absolute Gasteiger partial charge is 0.467 e. The summed E-state index contributed by atoms with van der Waals surface area (Å²) in [6, 6.07) is 4.66. The molecule has 3 rings (SSSR count). The predicted octanol–water partition coefficient (Wildman–Crippen LogP) is 4.34. The third-order valence-corrected chi connectivity index (χ3v) is 3.76. The molecule has 0 amide bonds. The zero-order valence-corrected chi connectivity index (χ0v) is 13.7. The van der Waals surface area contributed by atoms with Gasteiger partial charge in [0.1, 0.15) is 16.0 Å². The summed E-state index contributed by atoms with van der Waals surface area (Å²) in [6.45, 7) is 4.41. The maximum atomic E-state index is 13.7. The van der Waals surface area contributed by atoms with Gasteiger partial charge in [-0.05, 0) is 48.0 Å². The number of fused-ring (bicyclic) bond motifs is 1. The Morgan fingerprint density at radius 2 is 2.19 bits per heavy atom. The molecule has 0 unspecified atom stereocenters. The normalized spacial score (nSPS) is 16.3. The smallest absolute Gasteiger partial charge is 0.259 e. The zero-order valence-electron chi connectivity index (χ0n) is 11.4. The summed E-state index contributed by atoms with van der Waals surface area (Å²) in [6.07, 6.45) is 1.58. The second-order valence-electron chi connectivity index (χ2n) is 5.37. The highest BCUT2D eigenvalue weighted by atomic mass is 79.9. The topological polar surface area (TPSA) is 38.2 Å². The van der Waals surface area contributed by atoms with Crippen LogP contribution in [-0.2, 0) is 0 Å². The van der Waals surface area contributed by atoms with Crippen LogP contribution in [0.1, 0.15) is 13.8 Å². The van der Waals surface area contributed by atoms with Gasteiger partial charge in [-0.1, -0.05) is 11.6 Å². The van der Waals surface area contributed by atoms with E-state index in [2.05, 4.69) is 25.9 Å². The minimum Gasteiger partial charge on any atom is -0.467 e. The lowest BCUT2D eigenvalue weighted by Gasteiger charge is -2.39. The first-order valence-electron chi connectivity index (χ1n) is 6.30. The summed E-state index contributed by atoms with van der Waals surface area (Å²) in [7, 11) is 0. The van der Waals surface area contributed by atoms with E-state index in [0.717, 1.165) is 0 Å². The Morgan fingerprint density at radius 3 is 2.90 bits per heavy atom. The third kappa shape index (κ3) is 2.82. The number of benzene rings is 1. The monoisotopic (exact) mass is 371 g/mol. The number of anilines is 2. The van der Waals surface area contributed by atoms with E-state index in [9.17, 15) is 4.39 Å². The fourth-order valence-corrected chi connectivity index (χ4v) is 2.60. The molecule has 110 valence electrons. The molecule has 0 fully saturated rings. The Balaban J connectivity index is 2.12. The van der Waals surface area contributed by atoms with Crippen LogP contribution in [0.2, 0.25) is 5.02 Å². The number of hydrogen-bond acceptors (Lipinski definition) is 4. The van der Waals surface area contributed by atoms with Crippen LogP contribution in [0.3, 0.4) is 0 Å². The van der Waals surface area contributed by atoms with Crippen molar-refractivity contribution in [2.75, 3.05) is 11.4 Å².